The van der Waals surface area contributed by atoms with E-state index in [2.05, 4.69) is 56.3 Å². The van der Waals surface area contributed by atoms with Crippen molar-refractivity contribution in [2.45, 2.75) is 26.3 Å². The smallest absolute Gasteiger partial charge is 0.0554 e. The monoisotopic (exact) mass is 269 g/mol. The van der Waals surface area contributed by atoms with Crippen LogP contribution in [-0.4, -0.2) is 13.7 Å². The lowest BCUT2D eigenvalue weighted by molar-refractivity contribution is 0.202. The second kappa shape index (κ2) is 6.69. The molecule has 2 rings (SSSR count). The van der Waals surface area contributed by atoms with Crippen molar-refractivity contribution in [1.29, 1.82) is 0 Å². The van der Waals surface area contributed by atoms with Crippen molar-refractivity contribution >= 4 is 0 Å². The molecule has 0 spiro atoms. The van der Waals surface area contributed by atoms with E-state index in [0.29, 0.717) is 0 Å². The summed E-state index contributed by atoms with van der Waals surface area (Å²) in [4.78, 5) is 0. The molecule has 0 aromatic heterocycles. The number of ether oxygens (including phenoxy) is 1. The molecular weight excluding hydrogens is 246 g/mol. The van der Waals surface area contributed by atoms with E-state index in [-0.39, 0.29) is 6.04 Å². The van der Waals surface area contributed by atoms with E-state index < -0.39 is 0 Å². The molecule has 2 aromatic rings. The number of methoxy groups -OCH3 is 1. The average Bonchev–Trinajstić information content (AvgIpc) is 2.45. The topological polar surface area (TPSA) is 35.2 Å². The summed E-state index contributed by atoms with van der Waals surface area (Å²) in [6.07, 6.45) is 0.940. The minimum atomic E-state index is -0.0629. The Balaban J connectivity index is 2.18. The maximum absolute atomic E-state index is 6.39. The Morgan fingerprint density at radius 2 is 1.75 bits per heavy atom. The number of nitrogens with two attached hydrogens (primary N) is 1. The van der Waals surface area contributed by atoms with E-state index in [1.165, 1.54) is 22.3 Å². The highest BCUT2D eigenvalue weighted by Gasteiger charge is 2.11. The number of hydrogen-bond acceptors (Lipinski definition) is 2. The highest BCUT2D eigenvalue weighted by Crippen LogP contribution is 2.23. The zero-order valence-electron chi connectivity index (χ0n) is 12.5. The lowest BCUT2D eigenvalue weighted by Crippen LogP contribution is -2.13. The van der Waals surface area contributed by atoms with E-state index in [0.717, 1.165) is 18.6 Å². The molecule has 2 nitrogen and oxygen atoms in total. The molecule has 0 saturated heterocycles. The Bertz CT molecular complexity index is 560. The van der Waals surface area contributed by atoms with E-state index in [9.17, 15) is 0 Å². The minimum absolute atomic E-state index is 0.0629. The number of benzene rings is 2. The van der Waals surface area contributed by atoms with Crippen LogP contribution in [0.15, 0.2) is 42.5 Å². The van der Waals surface area contributed by atoms with Gasteiger partial charge in [-0.2, -0.15) is 0 Å². The summed E-state index contributed by atoms with van der Waals surface area (Å²) in [6.45, 7) is 4.98. The molecular formula is C18H23NO. The third-order valence-corrected chi connectivity index (χ3v) is 3.69. The molecule has 0 aliphatic rings. The fourth-order valence-electron chi connectivity index (χ4n) is 2.47. The summed E-state index contributed by atoms with van der Waals surface area (Å²) in [6, 6.07) is 14.9. The first-order valence-electron chi connectivity index (χ1n) is 7.02. The molecule has 0 heterocycles. The van der Waals surface area contributed by atoms with Crippen molar-refractivity contribution < 1.29 is 4.74 Å². The van der Waals surface area contributed by atoms with Crippen LogP contribution >= 0.6 is 0 Å². The molecule has 2 aromatic carbocycles. The van der Waals surface area contributed by atoms with Crippen molar-refractivity contribution in [2.75, 3.05) is 13.7 Å². The van der Waals surface area contributed by atoms with E-state index in [4.69, 9.17) is 10.5 Å². The van der Waals surface area contributed by atoms with Gasteiger partial charge in [0.25, 0.3) is 0 Å². The van der Waals surface area contributed by atoms with Crippen LogP contribution in [-0.2, 0) is 11.2 Å². The molecule has 1 unspecified atom stereocenters. The maximum Gasteiger partial charge on any atom is 0.0554 e. The molecule has 0 saturated carbocycles. The van der Waals surface area contributed by atoms with Gasteiger partial charge in [0, 0.05) is 7.11 Å². The van der Waals surface area contributed by atoms with Gasteiger partial charge in [0.2, 0.25) is 0 Å². The van der Waals surface area contributed by atoms with Crippen molar-refractivity contribution in [1.82, 2.24) is 0 Å². The van der Waals surface area contributed by atoms with Crippen LogP contribution in [0.25, 0.3) is 0 Å². The first-order valence-corrected chi connectivity index (χ1v) is 7.02. The summed E-state index contributed by atoms with van der Waals surface area (Å²) in [5.41, 5.74) is 12.5. The lowest BCUT2D eigenvalue weighted by atomic mass is 9.94. The van der Waals surface area contributed by atoms with Gasteiger partial charge < -0.3 is 10.5 Å². The summed E-state index contributed by atoms with van der Waals surface area (Å²) >= 11 is 0. The molecule has 2 heteroatoms. The van der Waals surface area contributed by atoms with Gasteiger partial charge in [0.05, 0.1) is 12.6 Å². The minimum Gasteiger partial charge on any atom is -0.384 e. The van der Waals surface area contributed by atoms with Crippen LogP contribution in [0.1, 0.15) is 33.9 Å². The van der Waals surface area contributed by atoms with Crippen LogP contribution in [0.4, 0.5) is 0 Å². The number of rotatable bonds is 5. The quantitative estimate of drug-likeness (QED) is 0.901. The summed E-state index contributed by atoms with van der Waals surface area (Å²) in [5, 5.41) is 0. The Morgan fingerprint density at radius 1 is 1.05 bits per heavy atom. The van der Waals surface area contributed by atoms with Crippen molar-refractivity contribution in [3.8, 4) is 0 Å². The molecule has 20 heavy (non-hydrogen) atoms. The van der Waals surface area contributed by atoms with Gasteiger partial charge in [-0.05, 0) is 42.5 Å². The van der Waals surface area contributed by atoms with Gasteiger partial charge in [-0.1, -0.05) is 48.0 Å². The van der Waals surface area contributed by atoms with Gasteiger partial charge in [-0.15, -0.1) is 0 Å². The predicted molar refractivity (Wildman–Crippen MR) is 84.0 cm³/mol. The second-order valence-corrected chi connectivity index (χ2v) is 5.32. The van der Waals surface area contributed by atoms with Crippen LogP contribution in [0.3, 0.4) is 0 Å². The SMILES string of the molecule is COCCc1ccc(C(N)c2ccc(C)cc2C)cc1. The lowest BCUT2D eigenvalue weighted by Gasteiger charge is -2.16. The molecule has 1 atom stereocenters. The largest absolute Gasteiger partial charge is 0.384 e. The van der Waals surface area contributed by atoms with E-state index in [1.807, 2.05) is 0 Å². The Morgan fingerprint density at radius 3 is 2.35 bits per heavy atom. The zero-order valence-corrected chi connectivity index (χ0v) is 12.5. The van der Waals surface area contributed by atoms with Crippen LogP contribution in [0.2, 0.25) is 0 Å². The van der Waals surface area contributed by atoms with Gasteiger partial charge in [-0.25, -0.2) is 0 Å². The highest BCUT2D eigenvalue weighted by atomic mass is 16.5. The summed E-state index contributed by atoms with van der Waals surface area (Å²) in [7, 11) is 1.73. The van der Waals surface area contributed by atoms with Gasteiger partial charge >= 0.3 is 0 Å². The van der Waals surface area contributed by atoms with Crippen LogP contribution in [0.5, 0.6) is 0 Å². The molecule has 0 aliphatic heterocycles. The van der Waals surface area contributed by atoms with Gasteiger partial charge in [-0.3, -0.25) is 0 Å². The first kappa shape index (κ1) is 14.8. The van der Waals surface area contributed by atoms with Crippen molar-refractivity contribution in [3.63, 3.8) is 0 Å². The maximum atomic E-state index is 6.39. The zero-order chi connectivity index (χ0) is 14.5. The molecule has 0 radical (unpaired) electrons. The van der Waals surface area contributed by atoms with Gasteiger partial charge in [0.15, 0.2) is 0 Å². The molecule has 0 amide bonds. The Labute approximate surface area is 121 Å². The van der Waals surface area contributed by atoms with Gasteiger partial charge in [0.1, 0.15) is 0 Å². The normalized spacial score (nSPS) is 12.4. The third kappa shape index (κ3) is 3.47. The molecule has 0 aliphatic carbocycles. The van der Waals surface area contributed by atoms with Crippen LogP contribution in [0, 0.1) is 13.8 Å². The summed E-state index contributed by atoms with van der Waals surface area (Å²) in [5.74, 6) is 0. The third-order valence-electron chi connectivity index (χ3n) is 3.69. The second-order valence-electron chi connectivity index (χ2n) is 5.32. The Kier molecular flexibility index (Phi) is 4.94. The first-order chi connectivity index (χ1) is 9.61. The fourth-order valence-corrected chi connectivity index (χ4v) is 2.47. The number of aryl methyl sites for hydroxylation is 2. The number of hydrogen-bond donors (Lipinski definition) is 1. The van der Waals surface area contributed by atoms with E-state index in [1.54, 1.807) is 7.11 Å². The van der Waals surface area contributed by atoms with Crippen LogP contribution < -0.4 is 5.73 Å². The summed E-state index contributed by atoms with van der Waals surface area (Å²) < 4.78 is 5.09. The van der Waals surface area contributed by atoms with E-state index >= 15 is 0 Å². The molecule has 0 fully saturated rings. The highest BCUT2D eigenvalue weighted by molar-refractivity contribution is 5.39. The average molecular weight is 269 g/mol. The Hall–Kier alpha value is -1.64. The standard InChI is InChI=1S/C18H23NO/c1-13-4-9-17(14(2)12-13)18(19)16-7-5-15(6-8-16)10-11-20-3/h4-9,12,18H,10-11,19H2,1-3H3. The van der Waals surface area contributed by atoms with Crippen molar-refractivity contribution in [2.24, 2.45) is 5.73 Å². The predicted octanol–water partition coefficient (Wildman–Crippen LogP) is 3.54. The van der Waals surface area contributed by atoms with Crippen molar-refractivity contribution in [3.05, 3.63) is 70.3 Å². The molecule has 2 N–H and O–H groups in total. The molecule has 106 valence electrons. The molecule has 0 bridgehead atoms. The fraction of sp³-hybridized carbons (Fsp3) is 0.333.